The number of aromatic nitrogens is 1. The summed E-state index contributed by atoms with van der Waals surface area (Å²) in [5.41, 5.74) is 1.43. The minimum atomic E-state index is -0.197. The van der Waals surface area contributed by atoms with E-state index in [1.54, 1.807) is 12.1 Å². The van der Waals surface area contributed by atoms with Gasteiger partial charge < -0.3 is 5.32 Å². The maximum Gasteiger partial charge on any atom is 0.257 e. The van der Waals surface area contributed by atoms with E-state index in [1.165, 1.54) is 11.3 Å². The lowest BCUT2D eigenvalue weighted by Crippen LogP contribution is -2.31. The van der Waals surface area contributed by atoms with Gasteiger partial charge in [0.2, 0.25) is 5.91 Å². The third-order valence-corrected chi connectivity index (χ3v) is 4.92. The van der Waals surface area contributed by atoms with Gasteiger partial charge in [-0.3, -0.25) is 14.9 Å². The first-order valence-electron chi connectivity index (χ1n) is 7.82. The Morgan fingerprint density at radius 2 is 2.09 bits per heavy atom. The molecule has 1 aliphatic carbocycles. The van der Waals surface area contributed by atoms with Gasteiger partial charge in [0.05, 0.1) is 11.6 Å². The minimum absolute atomic E-state index is 0.0275. The number of benzene rings is 1. The third kappa shape index (κ3) is 3.42. The number of hydrogen-bond donors (Lipinski definition) is 2. The maximum absolute atomic E-state index is 12.2. The molecule has 6 heteroatoms. The first kappa shape index (κ1) is 15.7. The molecule has 1 unspecified atom stereocenters. The van der Waals surface area contributed by atoms with Gasteiger partial charge in [-0.25, -0.2) is 4.98 Å². The third-order valence-electron chi connectivity index (χ3n) is 3.88. The summed E-state index contributed by atoms with van der Waals surface area (Å²) in [5, 5.41) is 6.28. The largest absolute Gasteiger partial charge is 0.356 e. The van der Waals surface area contributed by atoms with Crippen molar-refractivity contribution in [2.24, 2.45) is 0 Å². The normalized spacial score (nSPS) is 16.5. The van der Waals surface area contributed by atoms with Crippen molar-refractivity contribution in [2.75, 3.05) is 11.9 Å². The smallest absolute Gasteiger partial charge is 0.257 e. The molecule has 0 saturated heterocycles. The van der Waals surface area contributed by atoms with Crippen molar-refractivity contribution in [3.63, 3.8) is 0 Å². The quantitative estimate of drug-likeness (QED) is 0.906. The molecule has 2 amide bonds. The molecule has 0 aliphatic heterocycles. The number of nitrogens with one attached hydrogen (secondary N) is 2. The second kappa shape index (κ2) is 6.91. The highest BCUT2D eigenvalue weighted by atomic mass is 32.1. The van der Waals surface area contributed by atoms with Crippen LogP contribution in [0.3, 0.4) is 0 Å². The minimum Gasteiger partial charge on any atom is -0.356 e. The van der Waals surface area contributed by atoms with Gasteiger partial charge in [-0.05, 0) is 38.3 Å². The van der Waals surface area contributed by atoms with Crippen molar-refractivity contribution in [2.45, 2.75) is 32.1 Å². The van der Waals surface area contributed by atoms with Crippen molar-refractivity contribution in [1.82, 2.24) is 10.3 Å². The van der Waals surface area contributed by atoms with Crippen molar-refractivity contribution in [3.8, 4) is 0 Å². The van der Waals surface area contributed by atoms with Crippen LogP contribution < -0.4 is 10.6 Å². The zero-order chi connectivity index (χ0) is 16.2. The van der Waals surface area contributed by atoms with Gasteiger partial charge in [-0.2, -0.15) is 0 Å². The zero-order valence-corrected chi connectivity index (χ0v) is 13.8. The molecule has 3 rings (SSSR count). The number of carbonyl (C=O) groups is 2. The Kier molecular flexibility index (Phi) is 4.71. The Morgan fingerprint density at radius 1 is 1.30 bits per heavy atom. The standard InChI is InChI=1S/C17H19N3O2S/c1-2-18-16(22)12-9-6-10-13-14(12)19-17(23-13)20-15(21)11-7-4-3-5-8-11/h3-5,7-8,12H,2,6,9-10H2,1H3,(H,18,22)(H,19,20,21). The highest BCUT2D eigenvalue weighted by molar-refractivity contribution is 7.15. The summed E-state index contributed by atoms with van der Waals surface area (Å²) in [7, 11) is 0. The van der Waals surface area contributed by atoms with E-state index in [9.17, 15) is 9.59 Å². The number of likely N-dealkylation sites (N-methyl/N-ethyl adjacent to an activating group) is 1. The molecule has 0 spiro atoms. The fourth-order valence-corrected chi connectivity index (χ4v) is 3.84. The summed E-state index contributed by atoms with van der Waals surface area (Å²) in [6.45, 7) is 2.53. The van der Waals surface area contributed by atoms with E-state index in [4.69, 9.17) is 0 Å². The predicted octanol–water partition coefficient (Wildman–Crippen LogP) is 2.95. The Balaban J connectivity index is 1.78. The van der Waals surface area contributed by atoms with Gasteiger partial charge >= 0.3 is 0 Å². The highest BCUT2D eigenvalue weighted by Gasteiger charge is 2.30. The van der Waals surface area contributed by atoms with E-state index in [2.05, 4.69) is 15.6 Å². The summed E-state index contributed by atoms with van der Waals surface area (Å²) in [4.78, 5) is 30.0. The van der Waals surface area contributed by atoms with E-state index in [1.807, 2.05) is 25.1 Å². The number of hydrogen-bond acceptors (Lipinski definition) is 4. The number of fused-ring (bicyclic) bond motifs is 1. The molecule has 5 nitrogen and oxygen atoms in total. The van der Waals surface area contributed by atoms with Crippen LogP contribution in [0.25, 0.3) is 0 Å². The Bertz CT molecular complexity index is 712. The zero-order valence-electron chi connectivity index (χ0n) is 13.0. The first-order chi connectivity index (χ1) is 11.2. The second-order valence-corrected chi connectivity index (χ2v) is 6.57. The second-order valence-electron chi connectivity index (χ2n) is 5.49. The van der Waals surface area contributed by atoms with Crippen LogP contribution in [0.2, 0.25) is 0 Å². The Morgan fingerprint density at radius 3 is 2.83 bits per heavy atom. The summed E-state index contributed by atoms with van der Waals surface area (Å²) < 4.78 is 0. The average Bonchev–Trinajstić information content (AvgIpc) is 2.98. The van der Waals surface area contributed by atoms with Crippen molar-refractivity contribution in [3.05, 3.63) is 46.5 Å². The first-order valence-corrected chi connectivity index (χ1v) is 8.64. The van der Waals surface area contributed by atoms with Gasteiger partial charge in [0.15, 0.2) is 5.13 Å². The van der Waals surface area contributed by atoms with E-state index in [0.29, 0.717) is 17.2 Å². The lowest BCUT2D eigenvalue weighted by Gasteiger charge is -2.19. The summed E-state index contributed by atoms with van der Waals surface area (Å²) >= 11 is 1.47. The maximum atomic E-state index is 12.2. The molecule has 1 heterocycles. The molecule has 1 aliphatic rings. The van der Waals surface area contributed by atoms with Crippen molar-refractivity contribution >= 4 is 28.3 Å². The number of rotatable bonds is 4. The number of anilines is 1. The van der Waals surface area contributed by atoms with Crippen LogP contribution in [-0.4, -0.2) is 23.3 Å². The van der Waals surface area contributed by atoms with E-state index in [0.717, 1.165) is 29.8 Å². The van der Waals surface area contributed by atoms with Gasteiger partial charge in [-0.15, -0.1) is 11.3 Å². The Labute approximate surface area is 139 Å². The molecule has 1 aromatic heterocycles. The van der Waals surface area contributed by atoms with Gasteiger partial charge in [-0.1, -0.05) is 18.2 Å². The summed E-state index contributed by atoms with van der Waals surface area (Å²) in [5.74, 6) is -0.344. The van der Waals surface area contributed by atoms with E-state index >= 15 is 0 Å². The summed E-state index contributed by atoms with van der Waals surface area (Å²) in [6, 6.07) is 9.05. The molecule has 0 radical (unpaired) electrons. The van der Waals surface area contributed by atoms with Crippen LogP contribution >= 0.6 is 11.3 Å². The highest BCUT2D eigenvalue weighted by Crippen LogP contribution is 2.36. The molecule has 0 fully saturated rings. The molecule has 2 N–H and O–H groups in total. The van der Waals surface area contributed by atoms with Crippen molar-refractivity contribution < 1.29 is 9.59 Å². The van der Waals surface area contributed by atoms with E-state index < -0.39 is 0 Å². The number of carbonyl (C=O) groups excluding carboxylic acids is 2. The monoisotopic (exact) mass is 329 g/mol. The lowest BCUT2D eigenvalue weighted by atomic mass is 9.90. The summed E-state index contributed by atoms with van der Waals surface area (Å²) in [6.07, 6.45) is 2.71. The molecule has 0 saturated carbocycles. The van der Waals surface area contributed by atoms with Crippen LogP contribution in [-0.2, 0) is 11.2 Å². The fourth-order valence-electron chi connectivity index (χ4n) is 2.78. The van der Waals surface area contributed by atoms with Gasteiger partial charge in [0.25, 0.3) is 5.91 Å². The lowest BCUT2D eigenvalue weighted by molar-refractivity contribution is -0.122. The van der Waals surface area contributed by atoms with Crippen LogP contribution in [0.4, 0.5) is 5.13 Å². The molecule has 23 heavy (non-hydrogen) atoms. The SMILES string of the molecule is CCNC(=O)C1CCCc2sc(NC(=O)c3ccccc3)nc21. The number of aryl methyl sites for hydroxylation is 1. The van der Waals surface area contributed by atoms with E-state index in [-0.39, 0.29) is 17.7 Å². The fraction of sp³-hybridized carbons (Fsp3) is 0.353. The molecule has 120 valence electrons. The Hall–Kier alpha value is -2.21. The molecule has 1 atom stereocenters. The van der Waals surface area contributed by atoms with Crippen molar-refractivity contribution in [1.29, 1.82) is 0 Å². The number of thiazole rings is 1. The number of amides is 2. The van der Waals surface area contributed by atoms with Crippen LogP contribution in [0.15, 0.2) is 30.3 Å². The predicted molar refractivity (Wildman–Crippen MR) is 90.9 cm³/mol. The molecule has 1 aromatic carbocycles. The molecular weight excluding hydrogens is 310 g/mol. The molecule has 0 bridgehead atoms. The van der Waals surface area contributed by atoms with Crippen LogP contribution in [0.5, 0.6) is 0 Å². The topological polar surface area (TPSA) is 71.1 Å². The van der Waals surface area contributed by atoms with Gasteiger partial charge in [0, 0.05) is 17.0 Å². The average molecular weight is 329 g/mol. The van der Waals surface area contributed by atoms with Crippen LogP contribution in [0, 0.1) is 0 Å². The number of nitrogens with zero attached hydrogens (tertiary/aromatic N) is 1. The van der Waals surface area contributed by atoms with Gasteiger partial charge in [0.1, 0.15) is 0 Å². The molecular formula is C17H19N3O2S. The molecule has 2 aromatic rings. The van der Waals surface area contributed by atoms with Crippen LogP contribution in [0.1, 0.15) is 46.6 Å².